The number of aromatic nitrogens is 1. The van der Waals surface area contributed by atoms with Crippen LogP contribution in [0.4, 0.5) is 0 Å². The Balaban J connectivity index is 1.93. The summed E-state index contributed by atoms with van der Waals surface area (Å²) < 4.78 is 17.7. The molecule has 5 rings (SSSR count). The molecule has 4 heteroatoms. The second-order valence-corrected chi connectivity index (χ2v) is 5.17. The first-order valence-corrected chi connectivity index (χ1v) is 7.03. The molecule has 0 aliphatic rings. The Bertz CT molecular complexity index is 1000. The lowest BCUT2D eigenvalue weighted by atomic mass is 10.2. The third-order valence-electron chi connectivity index (χ3n) is 3.71. The molecule has 5 aromatic rings. The number of aromatic amines is 1. The normalized spacial score (nSPS) is 11.6. The standard InChI is InChI=1S/C18H11NO3/c1-2-6-13-11(5-1)19-12-9-17-18(10-16(12)20-13)22-15-8-4-3-7-14(15)21-17/h1-10,19H. The average molecular weight is 289 g/mol. The van der Waals surface area contributed by atoms with Crippen LogP contribution in [0.3, 0.4) is 0 Å². The lowest BCUT2D eigenvalue weighted by Crippen LogP contribution is -1.84. The molecule has 0 unspecified atom stereocenters. The van der Waals surface area contributed by atoms with Crippen LogP contribution in [-0.2, 0) is 0 Å². The summed E-state index contributed by atoms with van der Waals surface area (Å²) in [5.74, 6) is 0. The summed E-state index contributed by atoms with van der Waals surface area (Å²) in [5.41, 5.74) is 6.07. The lowest BCUT2D eigenvalue weighted by molar-refractivity contribution is 0.580. The van der Waals surface area contributed by atoms with Gasteiger partial charge in [-0.15, -0.1) is 0 Å². The van der Waals surface area contributed by atoms with Gasteiger partial charge >= 0.3 is 0 Å². The van der Waals surface area contributed by atoms with E-state index < -0.39 is 0 Å². The summed E-state index contributed by atoms with van der Waals surface area (Å²) in [6, 6.07) is 19.2. The number of fused-ring (bicyclic) bond motifs is 4. The van der Waals surface area contributed by atoms with Crippen molar-refractivity contribution in [2.45, 2.75) is 0 Å². The lowest BCUT2D eigenvalue weighted by Gasteiger charge is -2.05. The minimum atomic E-state index is 0.652. The molecular weight excluding hydrogens is 278 g/mol. The van der Waals surface area contributed by atoms with Crippen LogP contribution in [0.15, 0.2) is 73.9 Å². The predicted octanol–water partition coefficient (Wildman–Crippen LogP) is 5.53. The highest BCUT2D eigenvalue weighted by Gasteiger charge is 2.08. The number of rotatable bonds is 0. The molecular formula is C18H11NO3. The molecule has 0 saturated carbocycles. The summed E-state index contributed by atoms with van der Waals surface area (Å²) in [4.78, 5) is 3.35. The van der Waals surface area contributed by atoms with E-state index in [1.807, 2.05) is 60.7 Å². The van der Waals surface area contributed by atoms with Crippen molar-refractivity contribution in [1.82, 2.24) is 4.98 Å². The Morgan fingerprint density at radius 2 is 1.09 bits per heavy atom. The Hall–Kier alpha value is -3.14. The van der Waals surface area contributed by atoms with Crippen molar-refractivity contribution in [3.63, 3.8) is 0 Å². The first-order valence-electron chi connectivity index (χ1n) is 7.03. The van der Waals surface area contributed by atoms with Crippen molar-refractivity contribution < 1.29 is 13.3 Å². The molecule has 0 aliphatic carbocycles. The van der Waals surface area contributed by atoms with Crippen molar-refractivity contribution in [3.8, 4) is 0 Å². The monoisotopic (exact) mass is 289 g/mol. The number of hydrogen-bond acceptors (Lipinski definition) is 3. The van der Waals surface area contributed by atoms with Gasteiger partial charge in [-0.1, -0.05) is 24.3 Å². The number of nitrogens with one attached hydrogen (secondary N) is 1. The Morgan fingerprint density at radius 3 is 1.86 bits per heavy atom. The molecule has 22 heavy (non-hydrogen) atoms. The maximum absolute atomic E-state index is 5.93. The van der Waals surface area contributed by atoms with E-state index in [2.05, 4.69) is 4.98 Å². The summed E-state index contributed by atoms with van der Waals surface area (Å²) in [6.45, 7) is 0. The second-order valence-electron chi connectivity index (χ2n) is 5.17. The molecule has 3 aromatic carbocycles. The number of hydrogen-bond donors (Lipinski definition) is 1. The van der Waals surface area contributed by atoms with E-state index in [1.54, 1.807) is 0 Å². The maximum atomic E-state index is 5.93. The molecule has 2 aromatic heterocycles. The van der Waals surface area contributed by atoms with E-state index in [-0.39, 0.29) is 0 Å². The van der Waals surface area contributed by atoms with Crippen LogP contribution in [-0.4, -0.2) is 4.98 Å². The van der Waals surface area contributed by atoms with Gasteiger partial charge in [0.1, 0.15) is 0 Å². The quantitative estimate of drug-likeness (QED) is 0.381. The zero-order chi connectivity index (χ0) is 14.5. The molecule has 0 radical (unpaired) electrons. The van der Waals surface area contributed by atoms with Crippen molar-refractivity contribution in [3.05, 3.63) is 60.7 Å². The van der Waals surface area contributed by atoms with Crippen molar-refractivity contribution in [2.24, 2.45) is 0 Å². The summed E-state index contributed by atoms with van der Waals surface area (Å²) >= 11 is 0. The van der Waals surface area contributed by atoms with Crippen LogP contribution in [0.2, 0.25) is 0 Å². The van der Waals surface area contributed by atoms with E-state index in [1.165, 1.54) is 0 Å². The number of para-hydroxylation sites is 4. The first-order chi connectivity index (χ1) is 10.9. The molecule has 106 valence electrons. The highest BCUT2D eigenvalue weighted by Crippen LogP contribution is 2.28. The van der Waals surface area contributed by atoms with Crippen LogP contribution in [0.25, 0.3) is 44.5 Å². The van der Waals surface area contributed by atoms with Gasteiger partial charge in [-0.2, -0.15) is 0 Å². The summed E-state index contributed by atoms with van der Waals surface area (Å²) in [6.07, 6.45) is 0. The summed E-state index contributed by atoms with van der Waals surface area (Å²) in [7, 11) is 0. The zero-order valence-corrected chi connectivity index (χ0v) is 11.5. The van der Waals surface area contributed by atoms with E-state index >= 15 is 0 Å². The van der Waals surface area contributed by atoms with Crippen LogP contribution in [0.1, 0.15) is 0 Å². The first kappa shape index (κ1) is 11.5. The van der Waals surface area contributed by atoms with Gasteiger partial charge in [-0.3, -0.25) is 0 Å². The Kier molecular flexibility index (Phi) is 2.19. The van der Waals surface area contributed by atoms with Crippen LogP contribution in [0.5, 0.6) is 0 Å². The Morgan fingerprint density at radius 1 is 0.500 bits per heavy atom. The maximum Gasteiger partial charge on any atom is 0.174 e. The van der Waals surface area contributed by atoms with Gasteiger partial charge in [-0.05, 0) is 24.3 Å². The van der Waals surface area contributed by atoms with Gasteiger partial charge in [-0.25, -0.2) is 0 Å². The SMILES string of the molecule is c1ccc2oc3cc4oc5ccccc5oc4cc3[nH]c2c1. The smallest absolute Gasteiger partial charge is 0.174 e. The molecule has 4 nitrogen and oxygen atoms in total. The van der Waals surface area contributed by atoms with E-state index in [0.717, 1.165) is 22.2 Å². The topological polar surface area (TPSA) is 55.2 Å². The van der Waals surface area contributed by atoms with Crippen LogP contribution < -0.4 is 0 Å². The zero-order valence-electron chi connectivity index (χ0n) is 11.5. The number of H-pyrrole nitrogens is 1. The molecule has 0 saturated heterocycles. The average Bonchev–Trinajstić information content (AvgIpc) is 2.56. The molecule has 0 atom stereocenters. The van der Waals surface area contributed by atoms with E-state index in [9.17, 15) is 0 Å². The molecule has 0 aliphatic heterocycles. The number of benzene rings is 3. The molecule has 0 amide bonds. The third kappa shape index (κ3) is 1.64. The highest BCUT2D eigenvalue weighted by molar-refractivity contribution is 5.92. The molecule has 2 heterocycles. The fourth-order valence-corrected chi connectivity index (χ4v) is 2.66. The van der Waals surface area contributed by atoms with Crippen molar-refractivity contribution >= 4 is 44.5 Å². The van der Waals surface area contributed by atoms with Gasteiger partial charge in [0, 0.05) is 12.1 Å². The molecule has 0 fully saturated rings. The third-order valence-corrected chi connectivity index (χ3v) is 3.71. The fourth-order valence-electron chi connectivity index (χ4n) is 2.66. The largest absolute Gasteiger partial charge is 0.453 e. The Labute approximate surface area is 124 Å². The molecule has 0 bridgehead atoms. The van der Waals surface area contributed by atoms with Gasteiger partial charge in [0.25, 0.3) is 0 Å². The van der Waals surface area contributed by atoms with E-state index in [4.69, 9.17) is 13.3 Å². The minimum Gasteiger partial charge on any atom is -0.453 e. The van der Waals surface area contributed by atoms with Crippen LogP contribution >= 0.6 is 0 Å². The molecule has 0 spiro atoms. The highest BCUT2D eigenvalue weighted by atomic mass is 16.4. The fraction of sp³-hybridized carbons (Fsp3) is 0. The van der Waals surface area contributed by atoms with Gasteiger partial charge in [0.2, 0.25) is 0 Å². The van der Waals surface area contributed by atoms with Crippen molar-refractivity contribution in [1.29, 1.82) is 0 Å². The summed E-state index contributed by atoms with van der Waals surface area (Å²) in [5, 5.41) is 0. The second kappa shape index (κ2) is 4.18. The molecule has 1 N–H and O–H groups in total. The van der Waals surface area contributed by atoms with Gasteiger partial charge in [0.05, 0.1) is 11.0 Å². The van der Waals surface area contributed by atoms with Crippen LogP contribution in [0, 0.1) is 0 Å². The minimum absolute atomic E-state index is 0.652. The van der Waals surface area contributed by atoms with Crippen molar-refractivity contribution in [2.75, 3.05) is 0 Å². The predicted molar refractivity (Wildman–Crippen MR) is 85.2 cm³/mol. The van der Waals surface area contributed by atoms with E-state index in [0.29, 0.717) is 22.3 Å². The van der Waals surface area contributed by atoms with Gasteiger partial charge in [0.15, 0.2) is 33.5 Å². The van der Waals surface area contributed by atoms with Gasteiger partial charge < -0.3 is 18.2 Å².